The van der Waals surface area contributed by atoms with Gasteiger partial charge >= 0.3 is 5.97 Å². The Balaban J connectivity index is 1.74. The predicted octanol–water partition coefficient (Wildman–Crippen LogP) is 4.90. The lowest BCUT2D eigenvalue weighted by atomic mass is 10.0. The van der Waals surface area contributed by atoms with E-state index in [9.17, 15) is 14.4 Å². The average molecular weight is 469 g/mol. The Labute approximate surface area is 194 Å². The van der Waals surface area contributed by atoms with E-state index in [1.54, 1.807) is 42.5 Å². The van der Waals surface area contributed by atoms with Gasteiger partial charge in [0.2, 0.25) is 5.91 Å². The van der Waals surface area contributed by atoms with Crippen molar-refractivity contribution in [3.63, 3.8) is 0 Å². The van der Waals surface area contributed by atoms with Crippen molar-refractivity contribution in [1.29, 1.82) is 0 Å². The third kappa shape index (κ3) is 4.47. The van der Waals surface area contributed by atoms with Crippen molar-refractivity contribution in [2.24, 2.45) is 0 Å². The smallest absolute Gasteiger partial charge is 0.335 e. The van der Waals surface area contributed by atoms with Gasteiger partial charge in [-0.15, -0.1) is 0 Å². The van der Waals surface area contributed by atoms with Crippen LogP contribution in [0.15, 0.2) is 66.7 Å². The summed E-state index contributed by atoms with van der Waals surface area (Å²) in [6.07, 6.45) is 0.214. The molecule has 0 aliphatic carbocycles. The fraction of sp³-hybridized carbons (Fsp3) is 0.125. The highest BCUT2D eigenvalue weighted by Crippen LogP contribution is 2.29. The maximum atomic E-state index is 13.5. The number of aromatic carboxylic acids is 1. The lowest BCUT2D eigenvalue weighted by molar-refractivity contribution is -0.120. The Hall–Kier alpha value is -3.35. The van der Waals surface area contributed by atoms with Crippen LogP contribution in [0, 0.1) is 0 Å². The number of halogens is 2. The van der Waals surface area contributed by atoms with E-state index in [0.29, 0.717) is 26.9 Å². The Morgan fingerprint density at radius 1 is 1.00 bits per heavy atom. The number of carboxylic acid groups (broad SMARTS) is 1. The molecule has 2 amide bonds. The summed E-state index contributed by atoms with van der Waals surface area (Å²) in [5.74, 6) is -1.74. The first-order chi connectivity index (χ1) is 15.3. The number of amides is 2. The molecular weight excluding hydrogens is 451 g/mol. The van der Waals surface area contributed by atoms with Gasteiger partial charge in [0, 0.05) is 23.0 Å². The lowest BCUT2D eigenvalue weighted by Gasteiger charge is -2.29. The maximum absolute atomic E-state index is 13.5. The van der Waals surface area contributed by atoms with E-state index in [1.165, 1.54) is 17.0 Å². The number of hydrogen-bond donors (Lipinski definition) is 2. The molecule has 0 aromatic heterocycles. The van der Waals surface area contributed by atoms with Gasteiger partial charge in [-0.2, -0.15) is 0 Å². The molecule has 3 aromatic carbocycles. The number of hydrogen-bond acceptors (Lipinski definition) is 3. The van der Waals surface area contributed by atoms with Gasteiger partial charge in [-0.05, 0) is 47.5 Å². The van der Waals surface area contributed by atoms with Crippen molar-refractivity contribution in [3.8, 4) is 0 Å². The Morgan fingerprint density at radius 3 is 2.41 bits per heavy atom. The first-order valence-corrected chi connectivity index (χ1v) is 10.6. The van der Waals surface area contributed by atoms with Gasteiger partial charge in [0.25, 0.3) is 5.91 Å². The highest BCUT2D eigenvalue weighted by Gasteiger charge is 2.36. The van der Waals surface area contributed by atoms with Gasteiger partial charge in [-0.1, -0.05) is 53.5 Å². The Bertz CT molecular complexity index is 1210. The highest BCUT2D eigenvalue weighted by atomic mass is 35.5. The average Bonchev–Trinajstić information content (AvgIpc) is 2.85. The summed E-state index contributed by atoms with van der Waals surface area (Å²) in [4.78, 5) is 39.4. The molecule has 0 spiro atoms. The minimum Gasteiger partial charge on any atom is -0.478 e. The maximum Gasteiger partial charge on any atom is 0.335 e. The van der Waals surface area contributed by atoms with Crippen LogP contribution in [0.4, 0.5) is 5.69 Å². The van der Waals surface area contributed by atoms with E-state index in [4.69, 9.17) is 28.3 Å². The van der Waals surface area contributed by atoms with Crippen molar-refractivity contribution >= 4 is 46.7 Å². The van der Waals surface area contributed by atoms with Gasteiger partial charge in [0.15, 0.2) is 0 Å². The molecule has 1 unspecified atom stereocenters. The number of carboxylic acids is 1. The van der Waals surface area contributed by atoms with Crippen LogP contribution in [0.2, 0.25) is 10.0 Å². The van der Waals surface area contributed by atoms with Gasteiger partial charge < -0.3 is 15.3 Å². The molecule has 162 valence electrons. The SMILES string of the molecule is O=C(O)c1ccc(CN2C(=O)c3ccc(Cl)cc3NC(=O)C2Cc2ccccc2Cl)cc1. The van der Waals surface area contributed by atoms with Crippen LogP contribution in [0.5, 0.6) is 0 Å². The molecule has 6 nitrogen and oxygen atoms in total. The molecule has 32 heavy (non-hydrogen) atoms. The zero-order valence-corrected chi connectivity index (χ0v) is 18.2. The number of nitrogens with zero attached hydrogens (tertiary/aromatic N) is 1. The second-order valence-electron chi connectivity index (χ2n) is 7.43. The van der Waals surface area contributed by atoms with Crippen LogP contribution in [-0.4, -0.2) is 33.8 Å². The van der Waals surface area contributed by atoms with E-state index >= 15 is 0 Å². The van der Waals surface area contributed by atoms with E-state index in [0.717, 1.165) is 5.56 Å². The van der Waals surface area contributed by atoms with Crippen molar-refractivity contribution in [2.45, 2.75) is 19.0 Å². The summed E-state index contributed by atoms with van der Waals surface area (Å²) in [6, 6.07) is 17.3. The molecule has 1 heterocycles. The normalized spacial score (nSPS) is 15.7. The van der Waals surface area contributed by atoms with Crippen LogP contribution in [0.25, 0.3) is 0 Å². The van der Waals surface area contributed by atoms with Crippen molar-refractivity contribution in [1.82, 2.24) is 4.90 Å². The summed E-state index contributed by atoms with van der Waals surface area (Å²) in [5.41, 5.74) is 2.24. The topological polar surface area (TPSA) is 86.7 Å². The van der Waals surface area contributed by atoms with Gasteiger partial charge in [-0.25, -0.2) is 4.79 Å². The Kier molecular flexibility index (Phi) is 6.17. The summed E-state index contributed by atoms with van der Waals surface area (Å²) < 4.78 is 0. The molecule has 1 aliphatic rings. The van der Waals surface area contributed by atoms with Crippen LogP contribution in [0.3, 0.4) is 0 Å². The summed E-state index contributed by atoms with van der Waals surface area (Å²) in [6.45, 7) is 0.114. The number of fused-ring (bicyclic) bond motifs is 1. The van der Waals surface area contributed by atoms with Crippen molar-refractivity contribution in [3.05, 3.63) is 99.0 Å². The van der Waals surface area contributed by atoms with Gasteiger partial charge in [0.1, 0.15) is 6.04 Å². The third-order valence-corrected chi connectivity index (χ3v) is 5.94. The molecule has 4 rings (SSSR count). The van der Waals surface area contributed by atoms with Gasteiger partial charge in [0.05, 0.1) is 16.8 Å². The molecule has 0 saturated carbocycles. The molecule has 2 N–H and O–H groups in total. The Morgan fingerprint density at radius 2 is 1.72 bits per heavy atom. The molecule has 0 radical (unpaired) electrons. The number of nitrogens with one attached hydrogen (secondary N) is 1. The number of anilines is 1. The minimum absolute atomic E-state index is 0.114. The molecule has 1 aliphatic heterocycles. The first-order valence-electron chi connectivity index (χ1n) is 9.80. The zero-order chi connectivity index (χ0) is 22.8. The molecular formula is C24H18Cl2N2O4. The van der Waals surface area contributed by atoms with E-state index in [2.05, 4.69) is 5.32 Å². The monoisotopic (exact) mass is 468 g/mol. The summed E-state index contributed by atoms with van der Waals surface area (Å²) in [7, 11) is 0. The fourth-order valence-corrected chi connectivity index (χ4v) is 4.05. The standard InChI is InChI=1S/C24H18Cl2N2O4/c25-17-9-10-18-20(12-17)27-22(29)21(11-16-3-1-2-4-19(16)26)28(23(18)30)13-14-5-7-15(8-6-14)24(31)32/h1-10,12,21H,11,13H2,(H,27,29)(H,31,32). The van der Waals surface area contributed by atoms with Crippen LogP contribution >= 0.6 is 23.2 Å². The lowest BCUT2D eigenvalue weighted by Crippen LogP contribution is -2.46. The van der Waals surface area contributed by atoms with Crippen LogP contribution in [-0.2, 0) is 17.8 Å². The zero-order valence-electron chi connectivity index (χ0n) is 16.7. The molecule has 8 heteroatoms. The van der Waals surface area contributed by atoms with Gasteiger partial charge in [-0.3, -0.25) is 9.59 Å². The van der Waals surface area contributed by atoms with E-state index in [-0.39, 0.29) is 30.3 Å². The second kappa shape index (κ2) is 9.02. The second-order valence-corrected chi connectivity index (χ2v) is 8.27. The van der Waals surface area contributed by atoms with Crippen LogP contribution < -0.4 is 5.32 Å². The van der Waals surface area contributed by atoms with E-state index in [1.807, 2.05) is 12.1 Å². The van der Waals surface area contributed by atoms with Crippen molar-refractivity contribution in [2.75, 3.05) is 5.32 Å². The number of carbonyl (C=O) groups excluding carboxylic acids is 2. The number of benzene rings is 3. The molecule has 0 saturated heterocycles. The number of rotatable bonds is 5. The first kappa shape index (κ1) is 21.9. The highest BCUT2D eigenvalue weighted by molar-refractivity contribution is 6.31. The van der Waals surface area contributed by atoms with Crippen molar-refractivity contribution < 1.29 is 19.5 Å². The molecule has 0 bridgehead atoms. The van der Waals surface area contributed by atoms with E-state index < -0.39 is 12.0 Å². The number of carbonyl (C=O) groups is 3. The largest absolute Gasteiger partial charge is 0.478 e. The predicted molar refractivity (Wildman–Crippen MR) is 122 cm³/mol. The fourth-order valence-electron chi connectivity index (χ4n) is 3.67. The minimum atomic E-state index is -1.04. The summed E-state index contributed by atoms with van der Waals surface area (Å²) in [5, 5.41) is 12.9. The molecule has 1 atom stereocenters. The molecule has 0 fully saturated rings. The quantitative estimate of drug-likeness (QED) is 0.557. The summed E-state index contributed by atoms with van der Waals surface area (Å²) >= 11 is 12.4. The molecule has 3 aromatic rings. The third-order valence-electron chi connectivity index (χ3n) is 5.33. The van der Waals surface area contributed by atoms with Crippen LogP contribution in [0.1, 0.15) is 31.8 Å².